The molecule has 0 bridgehead atoms. The highest BCUT2D eigenvalue weighted by atomic mass is 35.5. The van der Waals surface area contributed by atoms with Crippen molar-refractivity contribution >= 4 is 29.3 Å². The lowest BCUT2D eigenvalue weighted by atomic mass is 9.84. The van der Waals surface area contributed by atoms with Crippen LogP contribution >= 0.6 is 12.4 Å². The van der Waals surface area contributed by atoms with Crippen LogP contribution in [0.1, 0.15) is 31.2 Å². The van der Waals surface area contributed by atoms with Gasteiger partial charge < -0.3 is 20.2 Å². The second-order valence-corrected chi connectivity index (χ2v) is 6.25. The summed E-state index contributed by atoms with van der Waals surface area (Å²) in [5, 5.41) is 4.12. The third-order valence-corrected chi connectivity index (χ3v) is 4.77. The first kappa shape index (κ1) is 18.6. The largest absolute Gasteiger partial charge is 0.497 e. The smallest absolute Gasteiger partial charge is 0.224 e. The van der Waals surface area contributed by atoms with Gasteiger partial charge in [0.1, 0.15) is 11.3 Å². The zero-order valence-electron chi connectivity index (χ0n) is 13.9. The Morgan fingerprint density at radius 3 is 2.92 bits per heavy atom. The molecule has 2 unspecified atom stereocenters. The summed E-state index contributed by atoms with van der Waals surface area (Å²) >= 11 is 0. The molecule has 0 aliphatic heterocycles. The lowest BCUT2D eigenvalue weighted by Crippen LogP contribution is -2.45. The summed E-state index contributed by atoms with van der Waals surface area (Å²) in [5.74, 6) is 1.18. The number of halogens is 1. The van der Waals surface area contributed by atoms with Gasteiger partial charge in [-0.15, -0.1) is 12.4 Å². The van der Waals surface area contributed by atoms with Crippen molar-refractivity contribution in [2.45, 2.75) is 38.1 Å². The minimum absolute atomic E-state index is 0. The molecule has 24 heavy (non-hydrogen) atoms. The minimum atomic E-state index is 0. The highest BCUT2D eigenvalue weighted by Crippen LogP contribution is 2.27. The summed E-state index contributed by atoms with van der Waals surface area (Å²) in [7, 11) is 1.62. The van der Waals surface area contributed by atoms with Crippen LogP contribution in [-0.4, -0.2) is 25.6 Å². The number of benzene rings is 1. The van der Waals surface area contributed by atoms with Gasteiger partial charge in [0, 0.05) is 23.1 Å². The summed E-state index contributed by atoms with van der Waals surface area (Å²) in [6, 6.07) is 5.86. The number of methoxy groups -OCH3 is 1. The second-order valence-electron chi connectivity index (χ2n) is 6.25. The standard InChI is InChI=1S/C18H24N2O3.ClH/c1-22-14-6-7-15-13(11-23-17(15)9-14)8-18(21)20-16-5-3-2-4-12(16)10-19;/h6-7,9,11-12,16H,2-5,8,10,19H2,1H3,(H,20,21);1H. The first-order valence-electron chi connectivity index (χ1n) is 8.25. The molecule has 1 fully saturated rings. The number of hydrogen-bond donors (Lipinski definition) is 2. The third kappa shape index (κ3) is 4.02. The van der Waals surface area contributed by atoms with E-state index in [4.69, 9.17) is 14.9 Å². The Bertz CT molecular complexity index is 686. The normalized spacial score (nSPS) is 20.4. The Morgan fingerprint density at radius 2 is 2.17 bits per heavy atom. The maximum absolute atomic E-state index is 12.4. The molecule has 1 aliphatic carbocycles. The molecule has 0 saturated heterocycles. The fourth-order valence-corrected chi connectivity index (χ4v) is 3.44. The molecule has 0 spiro atoms. The molecule has 1 aromatic heterocycles. The highest BCUT2D eigenvalue weighted by Gasteiger charge is 2.25. The van der Waals surface area contributed by atoms with Crippen LogP contribution in [0.2, 0.25) is 0 Å². The summed E-state index contributed by atoms with van der Waals surface area (Å²) < 4.78 is 10.7. The summed E-state index contributed by atoms with van der Waals surface area (Å²) in [4.78, 5) is 12.4. The first-order valence-corrected chi connectivity index (χ1v) is 8.25. The van der Waals surface area contributed by atoms with Gasteiger partial charge in [-0.25, -0.2) is 0 Å². The Hall–Kier alpha value is -1.72. The topological polar surface area (TPSA) is 77.5 Å². The number of ether oxygens (including phenoxy) is 1. The van der Waals surface area contributed by atoms with Crippen molar-refractivity contribution in [2.75, 3.05) is 13.7 Å². The number of carbonyl (C=O) groups excluding carboxylic acids is 1. The Kier molecular flexibility index (Phi) is 6.52. The van der Waals surface area contributed by atoms with E-state index in [-0.39, 0.29) is 24.4 Å². The lowest BCUT2D eigenvalue weighted by molar-refractivity contribution is -0.121. The summed E-state index contributed by atoms with van der Waals surface area (Å²) in [6.07, 6.45) is 6.49. The number of fused-ring (bicyclic) bond motifs is 1. The molecular formula is C18H25ClN2O3. The van der Waals surface area contributed by atoms with Crippen LogP contribution in [0.3, 0.4) is 0 Å². The van der Waals surface area contributed by atoms with E-state index in [0.29, 0.717) is 18.9 Å². The van der Waals surface area contributed by atoms with Crippen molar-refractivity contribution in [3.8, 4) is 5.75 Å². The quantitative estimate of drug-likeness (QED) is 0.867. The van der Waals surface area contributed by atoms with Gasteiger partial charge in [-0.1, -0.05) is 12.8 Å². The van der Waals surface area contributed by atoms with Crippen molar-refractivity contribution in [3.63, 3.8) is 0 Å². The fraction of sp³-hybridized carbons (Fsp3) is 0.500. The average Bonchev–Trinajstić information content (AvgIpc) is 2.97. The number of rotatable bonds is 5. The molecule has 3 N–H and O–H groups in total. The van der Waals surface area contributed by atoms with Gasteiger partial charge in [0.05, 0.1) is 19.8 Å². The number of nitrogens with two attached hydrogens (primary N) is 1. The van der Waals surface area contributed by atoms with Gasteiger partial charge in [0.2, 0.25) is 5.91 Å². The molecule has 6 heteroatoms. The maximum Gasteiger partial charge on any atom is 0.224 e. The second kappa shape index (κ2) is 8.40. The van der Waals surface area contributed by atoms with E-state index in [9.17, 15) is 4.79 Å². The molecule has 0 radical (unpaired) electrons. The number of amides is 1. The van der Waals surface area contributed by atoms with Crippen LogP contribution in [0.5, 0.6) is 5.75 Å². The van der Waals surface area contributed by atoms with E-state index < -0.39 is 0 Å². The summed E-state index contributed by atoms with van der Waals surface area (Å²) in [5.41, 5.74) is 7.47. The van der Waals surface area contributed by atoms with E-state index >= 15 is 0 Å². The van der Waals surface area contributed by atoms with E-state index in [0.717, 1.165) is 41.5 Å². The lowest BCUT2D eigenvalue weighted by Gasteiger charge is -2.31. The SMILES string of the molecule is COc1ccc2c(CC(=O)NC3CCCCC3CN)coc2c1.Cl. The molecule has 2 aromatic rings. The molecule has 3 rings (SSSR count). The van der Waals surface area contributed by atoms with Gasteiger partial charge in [0.25, 0.3) is 0 Å². The van der Waals surface area contributed by atoms with Crippen LogP contribution < -0.4 is 15.8 Å². The molecule has 132 valence electrons. The molecule has 1 aliphatic rings. The predicted molar refractivity (Wildman–Crippen MR) is 96.7 cm³/mol. The van der Waals surface area contributed by atoms with Crippen LogP contribution in [0, 0.1) is 5.92 Å². The Balaban J connectivity index is 0.00000208. The van der Waals surface area contributed by atoms with Crippen LogP contribution in [-0.2, 0) is 11.2 Å². The zero-order valence-corrected chi connectivity index (χ0v) is 14.7. The number of hydrogen-bond acceptors (Lipinski definition) is 4. The van der Waals surface area contributed by atoms with Gasteiger partial charge in [-0.3, -0.25) is 4.79 Å². The number of furan rings is 1. The zero-order chi connectivity index (χ0) is 16.2. The van der Waals surface area contributed by atoms with Gasteiger partial charge >= 0.3 is 0 Å². The van der Waals surface area contributed by atoms with E-state index in [1.807, 2.05) is 18.2 Å². The van der Waals surface area contributed by atoms with Crippen molar-refractivity contribution in [3.05, 3.63) is 30.0 Å². The Morgan fingerprint density at radius 1 is 1.38 bits per heavy atom. The van der Waals surface area contributed by atoms with E-state index in [1.54, 1.807) is 13.4 Å². The van der Waals surface area contributed by atoms with E-state index in [1.165, 1.54) is 6.42 Å². The molecule has 1 saturated carbocycles. The molecule has 1 heterocycles. The van der Waals surface area contributed by atoms with Gasteiger partial charge in [-0.2, -0.15) is 0 Å². The molecule has 5 nitrogen and oxygen atoms in total. The Labute approximate surface area is 148 Å². The van der Waals surface area contributed by atoms with E-state index in [2.05, 4.69) is 5.32 Å². The van der Waals surface area contributed by atoms with Crippen LogP contribution in [0.4, 0.5) is 0 Å². The number of nitrogens with one attached hydrogen (secondary N) is 1. The molecule has 1 aromatic carbocycles. The number of carbonyl (C=O) groups is 1. The van der Waals surface area contributed by atoms with Crippen LogP contribution in [0.25, 0.3) is 11.0 Å². The van der Waals surface area contributed by atoms with Gasteiger partial charge in [0.15, 0.2) is 0 Å². The van der Waals surface area contributed by atoms with Gasteiger partial charge in [-0.05, 0) is 37.4 Å². The third-order valence-electron chi connectivity index (χ3n) is 4.77. The first-order chi connectivity index (χ1) is 11.2. The van der Waals surface area contributed by atoms with Crippen molar-refractivity contribution in [1.82, 2.24) is 5.32 Å². The summed E-state index contributed by atoms with van der Waals surface area (Å²) in [6.45, 7) is 0.638. The molecule has 1 amide bonds. The van der Waals surface area contributed by atoms with Crippen molar-refractivity contribution in [1.29, 1.82) is 0 Å². The monoisotopic (exact) mass is 352 g/mol. The maximum atomic E-state index is 12.4. The molecule has 2 atom stereocenters. The predicted octanol–water partition coefficient (Wildman–Crippen LogP) is 3.04. The van der Waals surface area contributed by atoms with Crippen molar-refractivity contribution < 1.29 is 13.9 Å². The van der Waals surface area contributed by atoms with Crippen LogP contribution in [0.15, 0.2) is 28.9 Å². The minimum Gasteiger partial charge on any atom is -0.497 e. The fourth-order valence-electron chi connectivity index (χ4n) is 3.44. The van der Waals surface area contributed by atoms with Crippen molar-refractivity contribution in [2.24, 2.45) is 11.7 Å². The molecular weight excluding hydrogens is 328 g/mol. The highest BCUT2D eigenvalue weighted by molar-refractivity contribution is 5.88. The average molecular weight is 353 g/mol.